The van der Waals surface area contributed by atoms with Crippen molar-refractivity contribution in [2.24, 2.45) is 5.41 Å². The number of hydrogen-bond donors (Lipinski definition) is 0. The van der Waals surface area contributed by atoms with Crippen molar-refractivity contribution in [3.05, 3.63) is 24.3 Å². The van der Waals surface area contributed by atoms with Crippen LogP contribution in [0.3, 0.4) is 0 Å². The smallest absolute Gasteiger partial charge is 0.319 e. The van der Waals surface area contributed by atoms with E-state index in [9.17, 15) is 4.79 Å². The molecule has 0 N–H and O–H groups in total. The van der Waals surface area contributed by atoms with E-state index in [1.54, 1.807) is 0 Å². The molecule has 0 aromatic heterocycles. The molecule has 0 aromatic rings. The van der Waals surface area contributed by atoms with Gasteiger partial charge in [0, 0.05) is 0 Å². The van der Waals surface area contributed by atoms with E-state index in [0.29, 0.717) is 0 Å². The fourth-order valence-electron chi connectivity index (χ4n) is 0.922. The van der Waals surface area contributed by atoms with Gasteiger partial charge in [0.15, 0.2) is 0 Å². The molecule has 0 radical (unpaired) electrons. The van der Waals surface area contributed by atoms with Gasteiger partial charge in [-0.3, -0.25) is 4.79 Å². The third-order valence-corrected chi connectivity index (χ3v) is 1.62. The molecule has 0 aromatic carbocycles. The summed E-state index contributed by atoms with van der Waals surface area (Å²) in [5.41, 5.74) is -0.519. The van der Waals surface area contributed by atoms with Crippen molar-refractivity contribution in [3.8, 4) is 0 Å². The number of allylic oxidation sites excluding steroid dienone is 2. The zero-order chi connectivity index (χ0) is 7.61. The van der Waals surface area contributed by atoms with Gasteiger partial charge >= 0.3 is 5.97 Å². The first-order valence-corrected chi connectivity index (χ1v) is 3.14. The molecule has 0 bridgehead atoms. The monoisotopic (exact) mass is 138 g/mol. The lowest BCUT2D eigenvalue weighted by Gasteiger charge is -2.14. The van der Waals surface area contributed by atoms with Crippen molar-refractivity contribution in [1.29, 1.82) is 0 Å². The highest BCUT2D eigenvalue weighted by Crippen LogP contribution is 2.26. The lowest BCUT2D eigenvalue weighted by molar-refractivity contribution is -0.146. The second-order valence-corrected chi connectivity index (χ2v) is 2.49. The van der Waals surface area contributed by atoms with Gasteiger partial charge in [-0.2, -0.15) is 0 Å². The number of rotatable bonds is 1. The molecule has 0 spiro atoms. The fourth-order valence-corrected chi connectivity index (χ4v) is 0.922. The molecule has 0 aliphatic heterocycles. The summed E-state index contributed by atoms with van der Waals surface area (Å²) in [5.74, 6) is -0.211. The van der Waals surface area contributed by atoms with E-state index in [2.05, 4.69) is 4.74 Å². The minimum Gasteiger partial charge on any atom is -0.468 e. The van der Waals surface area contributed by atoms with Crippen molar-refractivity contribution in [1.82, 2.24) is 0 Å². The number of carbonyl (C=O) groups is 1. The molecule has 54 valence electrons. The summed E-state index contributed by atoms with van der Waals surface area (Å²) in [7, 11) is 1.40. The van der Waals surface area contributed by atoms with Gasteiger partial charge in [0.05, 0.1) is 7.11 Å². The third-order valence-electron chi connectivity index (χ3n) is 1.62. The van der Waals surface area contributed by atoms with Crippen LogP contribution in [0.1, 0.15) is 6.92 Å². The first-order chi connectivity index (χ1) is 4.69. The molecule has 0 atom stereocenters. The maximum absolute atomic E-state index is 11.0. The summed E-state index contributed by atoms with van der Waals surface area (Å²) < 4.78 is 4.60. The van der Waals surface area contributed by atoms with E-state index in [0.717, 1.165) is 0 Å². The molecule has 0 heterocycles. The van der Waals surface area contributed by atoms with E-state index >= 15 is 0 Å². The van der Waals surface area contributed by atoms with Crippen LogP contribution in [0.2, 0.25) is 0 Å². The van der Waals surface area contributed by atoms with Crippen LogP contribution in [-0.2, 0) is 9.53 Å². The van der Waals surface area contributed by atoms with Crippen LogP contribution in [0.15, 0.2) is 24.3 Å². The van der Waals surface area contributed by atoms with Crippen molar-refractivity contribution < 1.29 is 9.53 Å². The summed E-state index contributed by atoms with van der Waals surface area (Å²) in [6, 6.07) is 0. The summed E-state index contributed by atoms with van der Waals surface area (Å²) in [4.78, 5) is 11.0. The Morgan fingerprint density at radius 2 is 1.90 bits per heavy atom. The topological polar surface area (TPSA) is 26.3 Å². The Bertz CT molecular complexity index is 189. The van der Waals surface area contributed by atoms with Crippen LogP contribution < -0.4 is 0 Å². The maximum Gasteiger partial charge on any atom is 0.319 e. The normalized spacial score (nSPS) is 19.4. The molecular formula is C8H10O2. The Morgan fingerprint density at radius 1 is 1.40 bits per heavy atom. The average molecular weight is 138 g/mol. The number of ether oxygens (including phenoxy) is 1. The highest BCUT2D eigenvalue weighted by molar-refractivity contribution is 5.82. The molecule has 2 nitrogen and oxygen atoms in total. The number of carbonyl (C=O) groups excluding carboxylic acids is 1. The standard InChI is InChI=1S/C8H10O2/c1-8(7(9)10-2)5-3-4-6-8/h3-6H,1-2H3. The molecule has 0 unspecified atom stereocenters. The van der Waals surface area contributed by atoms with E-state index < -0.39 is 5.41 Å². The van der Waals surface area contributed by atoms with Gasteiger partial charge in [-0.05, 0) is 6.92 Å². The lowest BCUT2D eigenvalue weighted by atomic mass is 9.94. The first-order valence-electron chi connectivity index (χ1n) is 3.14. The second-order valence-electron chi connectivity index (χ2n) is 2.49. The average Bonchev–Trinajstić information content (AvgIpc) is 2.36. The van der Waals surface area contributed by atoms with Crippen molar-refractivity contribution >= 4 is 5.97 Å². The highest BCUT2D eigenvalue weighted by Gasteiger charge is 2.29. The highest BCUT2D eigenvalue weighted by atomic mass is 16.5. The zero-order valence-electron chi connectivity index (χ0n) is 6.13. The van der Waals surface area contributed by atoms with Crippen LogP contribution in [0.25, 0.3) is 0 Å². The molecule has 0 saturated carbocycles. The van der Waals surface area contributed by atoms with Crippen LogP contribution in [-0.4, -0.2) is 13.1 Å². The van der Waals surface area contributed by atoms with Gasteiger partial charge in [-0.1, -0.05) is 24.3 Å². The summed E-state index contributed by atoms with van der Waals surface area (Å²) in [6.45, 7) is 1.82. The van der Waals surface area contributed by atoms with E-state index in [-0.39, 0.29) is 5.97 Å². The molecule has 1 aliphatic carbocycles. The molecule has 10 heavy (non-hydrogen) atoms. The van der Waals surface area contributed by atoms with E-state index in [4.69, 9.17) is 0 Å². The van der Waals surface area contributed by atoms with Gasteiger partial charge in [0.25, 0.3) is 0 Å². The molecule has 0 saturated heterocycles. The molecule has 0 amide bonds. The summed E-state index contributed by atoms with van der Waals surface area (Å²) in [5, 5.41) is 0. The van der Waals surface area contributed by atoms with Crippen LogP contribution in [0, 0.1) is 5.41 Å². The van der Waals surface area contributed by atoms with Crippen LogP contribution in [0.5, 0.6) is 0 Å². The Morgan fingerprint density at radius 3 is 2.30 bits per heavy atom. The minimum absolute atomic E-state index is 0.211. The molecule has 2 heteroatoms. The maximum atomic E-state index is 11.0. The second kappa shape index (κ2) is 2.29. The van der Waals surface area contributed by atoms with Gasteiger partial charge < -0.3 is 4.74 Å². The Kier molecular flexibility index (Phi) is 1.62. The SMILES string of the molecule is COC(=O)C1(C)C=CC=C1. The zero-order valence-corrected chi connectivity index (χ0v) is 6.13. The van der Waals surface area contributed by atoms with Crippen LogP contribution >= 0.6 is 0 Å². The van der Waals surface area contributed by atoms with Crippen molar-refractivity contribution in [3.63, 3.8) is 0 Å². The quantitative estimate of drug-likeness (QED) is 0.510. The Labute approximate surface area is 60.2 Å². The lowest BCUT2D eigenvalue weighted by Crippen LogP contribution is -2.22. The Balaban J connectivity index is 2.79. The minimum atomic E-state index is -0.519. The van der Waals surface area contributed by atoms with Gasteiger partial charge in [0.2, 0.25) is 0 Å². The van der Waals surface area contributed by atoms with Crippen molar-refractivity contribution in [2.75, 3.05) is 7.11 Å². The number of esters is 1. The number of methoxy groups -OCH3 is 1. The van der Waals surface area contributed by atoms with Gasteiger partial charge in [0.1, 0.15) is 5.41 Å². The largest absolute Gasteiger partial charge is 0.468 e. The van der Waals surface area contributed by atoms with E-state index in [1.165, 1.54) is 7.11 Å². The first kappa shape index (κ1) is 7.06. The predicted octanol–water partition coefficient (Wildman–Crippen LogP) is 1.29. The van der Waals surface area contributed by atoms with Gasteiger partial charge in [-0.15, -0.1) is 0 Å². The molecule has 1 rings (SSSR count). The van der Waals surface area contributed by atoms with E-state index in [1.807, 2.05) is 31.2 Å². The van der Waals surface area contributed by atoms with Gasteiger partial charge in [-0.25, -0.2) is 0 Å². The van der Waals surface area contributed by atoms with Crippen molar-refractivity contribution in [2.45, 2.75) is 6.92 Å². The number of hydrogen-bond acceptors (Lipinski definition) is 2. The summed E-state index contributed by atoms with van der Waals surface area (Å²) in [6.07, 6.45) is 7.32. The predicted molar refractivity (Wildman–Crippen MR) is 38.4 cm³/mol. The third kappa shape index (κ3) is 0.967. The molecular weight excluding hydrogens is 128 g/mol. The molecule has 1 aliphatic rings. The fraction of sp³-hybridized carbons (Fsp3) is 0.375. The Hall–Kier alpha value is -1.05. The van der Waals surface area contributed by atoms with Crippen LogP contribution in [0.4, 0.5) is 0 Å². The molecule has 0 fully saturated rings. The summed E-state index contributed by atoms with van der Waals surface area (Å²) >= 11 is 0.